The van der Waals surface area contributed by atoms with Crippen LogP contribution < -0.4 is 16.0 Å². The predicted octanol–water partition coefficient (Wildman–Crippen LogP) is 4.47. The third-order valence-corrected chi connectivity index (χ3v) is 8.15. The third-order valence-electron chi connectivity index (χ3n) is 8.15. The molecule has 0 aliphatic carbocycles. The van der Waals surface area contributed by atoms with Gasteiger partial charge < -0.3 is 20.9 Å². The molecule has 0 unspecified atom stereocenters. The molecule has 4 aliphatic rings. The summed E-state index contributed by atoms with van der Waals surface area (Å²) in [5, 5.41) is 9.94. The molecule has 0 saturated carbocycles. The lowest BCUT2D eigenvalue weighted by molar-refractivity contribution is -0.110. The molecule has 3 N–H and O–H groups in total. The van der Waals surface area contributed by atoms with Crippen molar-refractivity contribution < 1.29 is 9.59 Å². The zero-order valence-electron chi connectivity index (χ0n) is 21.6. The van der Waals surface area contributed by atoms with E-state index >= 15 is 0 Å². The molecule has 4 aliphatic heterocycles. The Balaban J connectivity index is 1.32. The largest absolute Gasteiger partial charge is 0.380 e. The highest BCUT2D eigenvalue weighted by Gasteiger charge is 2.36. The second-order valence-electron chi connectivity index (χ2n) is 10.4. The Kier molecular flexibility index (Phi) is 6.68. The fraction of sp³-hybridized carbons (Fsp3) is 0.323. The van der Waals surface area contributed by atoms with Gasteiger partial charge in [0.2, 0.25) is 0 Å². The maximum absolute atomic E-state index is 13.4. The number of pyridine rings is 1. The number of piperidine rings is 3. The first-order valence-corrected chi connectivity index (χ1v) is 13.6. The van der Waals surface area contributed by atoms with Crippen molar-refractivity contribution in [3.05, 3.63) is 95.3 Å². The van der Waals surface area contributed by atoms with Gasteiger partial charge in [0.1, 0.15) is 0 Å². The lowest BCUT2D eigenvalue weighted by Gasteiger charge is -2.45. The van der Waals surface area contributed by atoms with Crippen LogP contribution in [0.3, 0.4) is 0 Å². The van der Waals surface area contributed by atoms with Gasteiger partial charge >= 0.3 is 0 Å². The minimum Gasteiger partial charge on any atom is -0.380 e. The molecule has 2 aromatic carbocycles. The normalized spacial score (nSPS) is 23.8. The molecule has 5 heterocycles. The van der Waals surface area contributed by atoms with Crippen molar-refractivity contribution in [2.75, 3.05) is 25.0 Å². The van der Waals surface area contributed by atoms with E-state index in [1.54, 1.807) is 18.5 Å². The van der Waals surface area contributed by atoms with E-state index in [9.17, 15) is 9.59 Å². The van der Waals surface area contributed by atoms with Gasteiger partial charge in [-0.05, 0) is 68.1 Å². The molecule has 3 fully saturated rings. The zero-order chi connectivity index (χ0) is 26.1. The van der Waals surface area contributed by atoms with Crippen LogP contribution in [0.2, 0.25) is 0 Å². The van der Waals surface area contributed by atoms with Gasteiger partial charge in [-0.3, -0.25) is 14.6 Å². The number of amides is 2. The number of fused-ring (bicyclic) bond motifs is 4. The Morgan fingerprint density at radius 3 is 2.50 bits per heavy atom. The summed E-state index contributed by atoms with van der Waals surface area (Å²) < 4.78 is 0. The first-order valence-electron chi connectivity index (χ1n) is 13.6. The quantitative estimate of drug-likeness (QED) is 0.411. The second kappa shape index (κ2) is 10.4. The van der Waals surface area contributed by atoms with Gasteiger partial charge in [-0.2, -0.15) is 0 Å². The minimum absolute atomic E-state index is 0.0777. The molecule has 38 heavy (non-hydrogen) atoms. The summed E-state index contributed by atoms with van der Waals surface area (Å²) in [5.74, 6) is 0.285. The standard InChI is InChI=1S/C31H33N5O2/c1-2-25(20-6-4-3-5-7-20)34-30(37)23-8-9-24-26(18-23)35-31(38)28(24)29(22-10-14-32-15-11-22)33-27-19-36-16-12-21(27)13-17-36/h3-11,14-15,18,21,25,27,33H,2,12-13,16-17,19H2,1H3,(H,34,37)(H,35,38)/t25-,27+/m1/s1. The number of aromatic nitrogens is 1. The van der Waals surface area contributed by atoms with Crippen molar-refractivity contribution in [3.63, 3.8) is 0 Å². The first-order chi connectivity index (χ1) is 18.6. The summed E-state index contributed by atoms with van der Waals surface area (Å²) in [4.78, 5) is 33.3. The maximum atomic E-state index is 13.4. The van der Waals surface area contributed by atoms with Gasteiger partial charge in [0.15, 0.2) is 0 Å². The van der Waals surface area contributed by atoms with Gasteiger partial charge in [0.05, 0.1) is 17.3 Å². The molecule has 194 valence electrons. The average molecular weight is 508 g/mol. The van der Waals surface area contributed by atoms with Crippen molar-refractivity contribution in [1.82, 2.24) is 20.5 Å². The lowest BCUT2D eigenvalue weighted by atomic mass is 9.83. The molecular weight excluding hydrogens is 474 g/mol. The molecule has 3 saturated heterocycles. The average Bonchev–Trinajstić information content (AvgIpc) is 3.30. The lowest BCUT2D eigenvalue weighted by Crippen LogP contribution is -2.55. The Labute approximate surface area is 223 Å². The van der Waals surface area contributed by atoms with Crippen molar-refractivity contribution >= 4 is 28.8 Å². The topological polar surface area (TPSA) is 86.4 Å². The van der Waals surface area contributed by atoms with Crippen LogP contribution >= 0.6 is 0 Å². The van der Waals surface area contributed by atoms with E-state index in [1.807, 2.05) is 54.6 Å². The fourth-order valence-electron chi connectivity index (χ4n) is 6.04. The first kappa shape index (κ1) is 24.4. The predicted molar refractivity (Wildman–Crippen MR) is 149 cm³/mol. The maximum Gasteiger partial charge on any atom is 0.258 e. The number of carbonyl (C=O) groups is 2. The summed E-state index contributed by atoms with van der Waals surface area (Å²) in [7, 11) is 0. The Bertz CT molecular complexity index is 1360. The van der Waals surface area contributed by atoms with Crippen molar-refractivity contribution in [2.45, 2.75) is 38.3 Å². The van der Waals surface area contributed by atoms with E-state index in [-0.39, 0.29) is 17.9 Å². The van der Waals surface area contributed by atoms with Crippen molar-refractivity contribution in [3.8, 4) is 0 Å². The van der Waals surface area contributed by atoms with Crippen molar-refractivity contribution in [1.29, 1.82) is 0 Å². The third kappa shape index (κ3) is 4.70. The van der Waals surface area contributed by atoms with Crippen LogP contribution in [-0.2, 0) is 4.79 Å². The molecule has 2 amide bonds. The monoisotopic (exact) mass is 507 g/mol. The summed E-state index contributed by atoms with van der Waals surface area (Å²) in [6.45, 7) is 5.35. The van der Waals surface area contributed by atoms with Crippen LogP contribution in [-0.4, -0.2) is 47.4 Å². The van der Waals surface area contributed by atoms with Crippen LogP contribution in [0, 0.1) is 5.92 Å². The van der Waals surface area contributed by atoms with E-state index in [0.717, 1.165) is 48.4 Å². The molecule has 0 spiro atoms. The highest BCUT2D eigenvalue weighted by atomic mass is 16.2. The molecule has 3 aromatic rings. The number of rotatable bonds is 7. The van der Waals surface area contributed by atoms with E-state index < -0.39 is 0 Å². The Morgan fingerprint density at radius 1 is 1.05 bits per heavy atom. The van der Waals surface area contributed by atoms with E-state index in [4.69, 9.17) is 0 Å². The molecule has 2 atom stereocenters. The zero-order valence-corrected chi connectivity index (χ0v) is 21.6. The van der Waals surface area contributed by atoms with Gasteiger partial charge in [0, 0.05) is 47.4 Å². The number of hydrogen-bond acceptors (Lipinski definition) is 5. The number of nitrogens with zero attached hydrogens (tertiary/aromatic N) is 2. The number of hydrogen-bond donors (Lipinski definition) is 3. The molecule has 2 bridgehead atoms. The second-order valence-corrected chi connectivity index (χ2v) is 10.4. The summed E-state index contributed by atoms with van der Waals surface area (Å²) >= 11 is 0. The summed E-state index contributed by atoms with van der Waals surface area (Å²) in [6, 6.07) is 19.6. The van der Waals surface area contributed by atoms with Gasteiger partial charge in [-0.15, -0.1) is 0 Å². The van der Waals surface area contributed by atoms with Gasteiger partial charge in [-0.25, -0.2) is 0 Å². The number of nitrogens with one attached hydrogen (secondary N) is 3. The molecule has 1 aromatic heterocycles. The van der Waals surface area contributed by atoms with Crippen LogP contribution in [0.5, 0.6) is 0 Å². The summed E-state index contributed by atoms with van der Waals surface area (Å²) in [6.07, 6.45) is 6.66. The number of anilines is 1. The fourth-order valence-corrected chi connectivity index (χ4v) is 6.04. The van der Waals surface area contributed by atoms with Gasteiger partial charge in [-0.1, -0.05) is 43.3 Å². The smallest absolute Gasteiger partial charge is 0.258 e. The summed E-state index contributed by atoms with van der Waals surface area (Å²) in [5.41, 5.74) is 5.44. The highest BCUT2D eigenvalue weighted by Crippen LogP contribution is 2.38. The number of benzene rings is 2. The SMILES string of the molecule is CC[C@@H](NC(=O)c1ccc2c(c1)NC(=O)C2=C(N[C@H]1CN2CCC1CC2)c1ccncc1)c1ccccc1. The van der Waals surface area contributed by atoms with E-state index in [2.05, 4.69) is 32.8 Å². The molecule has 7 nitrogen and oxygen atoms in total. The molecule has 7 rings (SSSR count). The van der Waals surface area contributed by atoms with Crippen LogP contribution in [0.25, 0.3) is 11.3 Å². The highest BCUT2D eigenvalue weighted by molar-refractivity contribution is 6.36. The van der Waals surface area contributed by atoms with Crippen LogP contribution in [0.15, 0.2) is 73.1 Å². The Morgan fingerprint density at radius 2 is 1.82 bits per heavy atom. The van der Waals surface area contributed by atoms with E-state index in [1.165, 1.54) is 12.8 Å². The molecule has 7 heteroatoms. The minimum atomic E-state index is -0.158. The van der Waals surface area contributed by atoms with Gasteiger partial charge in [0.25, 0.3) is 11.8 Å². The van der Waals surface area contributed by atoms with Crippen molar-refractivity contribution in [2.24, 2.45) is 5.92 Å². The molecule has 0 radical (unpaired) electrons. The Hall–Kier alpha value is -3.97. The van der Waals surface area contributed by atoms with E-state index in [0.29, 0.717) is 28.8 Å². The van der Waals surface area contributed by atoms with Crippen LogP contribution in [0.4, 0.5) is 5.69 Å². The van der Waals surface area contributed by atoms with Crippen LogP contribution in [0.1, 0.15) is 59.3 Å². The number of carbonyl (C=O) groups excluding carboxylic acids is 2. The molecular formula is C31H33N5O2.